The van der Waals surface area contributed by atoms with Gasteiger partial charge in [0.1, 0.15) is 0 Å². The standard InChI is InChI=1S/C19H29N3O/c1-2-18(23)22-14-8-19(9-15-22,17-6-5-10-20-16-17)7-13-21-11-3-4-12-21/h5-6,10,16H,2-4,7-9,11-15H2,1H3. The molecule has 1 aromatic heterocycles. The third kappa shape index (κ3) is 3.74. The summed E-state index contributed by atoms with van der Waals surface area (Å²) >= 11 is 0. The van der Waals surface area contributed by atoms with E-state index in [-0.39, 0.29) is 5.41 Å². The summed E-state index contributed by atoms with van der Waals surface area (Å²) in [6, 6.07) is 4.28. The van der Waals surface area contributed by atoms with E-state index in [4.69, 9.17) is 0 Å². The Bertz CT molecular complexity index is 503. The van der Waals surface area contributed by atoms with Crippen LogP contribution < -0.4 is 0 Å². The van der Waals surface area contributed by atoms with Crippen LogP contribution in [-0.2, 0) is 10.2 Å². The van der Waals surface area contributed by atoms with Gasteiger partial charge in [-0.15, -0.1) is 0 Å². The average Bonchev–Trinajstić information content (AvgIpc) is 3.14. The number of rotatable bonds is 5. The minimum atomic E-state index is 0.196. The van der Waals surface area contributed by atoms with Crippen molar-refractivity contribution >= 4 is 5.91 Å². The summed E-state index contributed by atoms with van der Waals surface area (Å²) in [7, 11) is 0. The predicted octanol–water partition coefficient (Wildman–Crippen LogP) is 2.84. The first kappa shape index (κ1) is 16.4. The van der Waals surface area contributed by atoms with Gasteiger partial charge in [0.2, 0.25) is 5.91 Å². The molecule has 4 heteroatoms. The van der Waals surface area contributed by atoms with Crippen molar-refractivity contribution in [2.24, 2.45) is 0 Å². The van der Waals surface area contributed by atoms with Crippen LogP contribution in [0.15, 0.2) is 24.5 Å². The molecule has 0 spiro atoms. The topological polar surface area (TPSA) is 36.4 Å². The fourth-order valence-electron chi connectivity index (χ4n) is 4.15. The van der Waals surface area contributed by atoms with E-state index in [9.17, 15) is 4.79 Å². The largest absolute Gasteiger partial charge is 0.343 e. The van der Waals surface area contributed by atoms with Crippen molar-refractivity contribution in [1.82, 2.24) is 14.8 Å². The van der Waals surface area contributed by atoms with Gasteiger partial charge in [-0.3, -0.25) is 9.78 Å². The van der Waals surface area contributed by atoms with Crippen LogP contribution in [0.2, 0.25) is 0 Å². The molecule has 0 N–H and O–H groups in total. The van der Waals surface area contributed by atoms with E-state index in [1.807, 2.05) is 24.2 Å². The number of nitrogens with zero attached hydrogens (tertiary/aromatic N) is 3. The number of pyridine rings is 1. The second-order valence-corrected chi connectivity index (χ2v) is 7.06. The van der Waals surface area contributed by atoms with Gasteiger partial charge in [-0.05, 0) is 63.4 Å². The van der Waals surface area contributed by atoms with Gasteiger partial charge in [0, 0.05) is 37.3 Å². The normalized spacial score (nSPS) is 21.5. The molecule has 4 nitrogen and oxygen atoms in total. The van der Waals surface area contributed by atoms with Crippen molar-refractivity contribution in [3.8, 4) is 0 Å². The van der Waals surface area contributed by atoms with E-state index in [1.54, 1.807) is 0 Å². The molecule has 2 aliphatic rings. The fourth-order valence-corrected chi connectivity index (χ4v) is 4.15. The molecule has 0 aromatic carbocycles. The summed E-state index contributed by atoms with van der Waals surface area (Å²) in [5.41, 5.74) is 1.56. The molecule has 2 aliphatic heterocycles. The number of piperidine rings is 1. The Hall–Kier alpha value is -1.42. The Kier molecular flexibility index (Phi) is 5.31. The molecule has 126 valence electrons. The molecule has 2 saturated heterocycles. The molecule has 0 bridgehead atoms. The monoisotopic (exact) mass is 315 g/mol. The van der Waals surface area contributed by atoms with Crippen LogP contribution in [0.25, 0.3) is 0 Å². The lowest BCUT2D eigenvalue weighted by molar-refractivity contribution is -0.132. The van der Waals surface area contributed by atoms with Gasteiger partial charge in [-0.25, -0.2) is 0 Å². The number of carbonyl (C=O) groups excluding carboxylic acids is 1. The molecule has 0 aliphatic carbocycles. The summed E-state index contributed by atoms with van der Waals surface area (Å²) < 4.78 is 0. The van der Waals surface area contributed by atoms with Crippen molar-refractivity contribution in [2.45, 2.75) is 50.9 Å². The molecule has 0 atom stereocenters. The van der Waals surface area contributed by atoms with Gasteiger partial charge >= 0.3 is 0 Å². The van der Waals surface area contributed by atoms with E-state index in [1.165, 1.54) is 44.5 Å². The average molecular weight is 315 g/mol. The van der Waals surface area contributed by atoms with Crippen LogP contribution in [-0.4, -0.2) is 53.4 Å². The first-order chi connectivity index (χ1) is 11.2. The molecular formula is C19H29N3O. The lowest BCUT2D eigenvalue weighted by atomic mass is 9.71. The van der Waals surface area contributed by atoms with Gasteiger partial charge < -0.3 is 9.80 Å². The molecule has 0 radical (unpaired) electrons. The zero-order chi connectivity index (χ0) is 16.1. The van der Waals surface area contributed by atoms with Gasteiger partial charge in [0.05, 0.1) is 0 Å². The summed E-state index contributed by atoms with van der Waals surface area (Å²) in [5, 5.41) is 0. The molecule has 23 heavy (non-hydrogen) atoms. The molecule has 0 saturated carbocycles. The maximum Gasteiger partial charge on any atom is 0.222 e. The van der Waals surface area contributed by atoms with E-state index >= 15 is 0 Å². The van der Waals surface area contributed by atoms with Crippen molar-refractivity contribution in [3.05, 3.63) is 30.1 Å². The van der Waals surface area contributed by atoms with Crippen molar-refractivity contribution in [2.75, 3.05) is 32.7 Å². The highest BCUT2D eigenvalue weighted by molar-refractivity contribution is 5.75. The van der Waals surface area contributed by atoms with Crippen LogP contribution in [0.5, 0.6) is 0 Å². The number of carbonyl (C=O) groups is 1. The molecule has 0 unspecified atom stereocenters. The van der Waals surface area contributed by atoms with Gasteiger partial charge in [0.25, 0.3) is 0 Å². The fraction of sp³-hybridized carbons (Fsp3) is 0.684. The second kappa shape index (κ2) is 7.43. The number of hydrogen-bond acceptors (Lipinski definition) is 3. The highest BCUT2D eigenvalue weighted by Crippen LogP contribution is 2.39. The van der Waals surface area contributed by atoms with Crippen LogP contribution in [0.3, 0.4) is 0 Å². The Morgan fingerprint density at radius 2 is 1.96 bits per heavy atom. The van der Waals surface area contributed by atoms with E-state index in [0.29, 0.717) is 12.3 Å². The molecule has 2 fully saturated rings. The van der Waals surface area contributed by atoms with E-state index in [0.717, 1.165) is 25.9 Å². The minimum absolute atomic E-state index is 0.196. The molecule has 3 heterocycles. The van der Waals surface area contributed by atoms with Crippen molar-refractivity contribution < 1.29 is 4.79 Å². The van der Waals surface area contributed by atoms with E-state index in [2.05, 4.69) is 22.0 Å². The zero-order valence-corrected chi connectivity index (χ0v) is 14.3. The summed E-state index contributed by atoms with van der Waals surface area (Å²) in [5.74, 6) is 0.296. The lowest BCUT2D eigenvalue weighted by Gasteiger charge is -2.43. The quantitative estimate of drug-likeness (QED) is 0.838. The first-order valence-electron chi connectivity index (χ1n) is 9.14. The van der Waals surface area contributed by atoms with Gasteiger partial charge in [-0.2, -0.15) is 0 Å². The van der Waals surface area contributed by atoms with E-state index < -0.39 is 0 Å². The highest BCUT2D eigenvalue weighted by Gasteiger charge is 2.37. The summed E-state index contributed by atoms with van der Waals surface area (Å²) in [6.07, 6.45) is 10.5. The molecular weight excluding hydrogens is 286 g/mol. The molecule has 3 rings (SSSR count). The Balaban J connectivity index is 1.71. The summed E-state index contributed by atoms with van der Waals surface area (Å²) in [4.78, 5) is 21.0. The number of hydrogen-bond donors (Lipinski definition) is 0. The van der Waals surface area contributed by atoms with Crippen LogP contribution in [0.1, 0.15) is 51.0 Å². The summed E-state index contributed by atoms with van der Waals surface area (Å²) in [6.45, 7) is 7.42. The Morgan fingerprint density at radius 1 is 1.22 bits per heavy atom. The predicted molar refractivity (Wildman–Crippen MR) is 92.3 cm³/mol. The SMILES string of the molecule is CCC(=O)N1CCC(CCN2CCCC2)(c2cccnc2)CC1. The second-order valence-electron chi connectivity index (χ2n) is 7.06. The first-order valence-corrected chi connectivity index (χ1v) is 9.14. The minimum Gasteiger partial charge on any atom is -0.343 e. The highest BCUT2D eigenvalue weighted by atomic mass is 16.2. The van der Waals surface area contributed by atoms with Gasteiger partial charge in [0.15, 0.2) is 0 Å². The maximum atomic E-state index is 12.0. The number of amides is 1. The van der Waals surface area contributed by atoms with Crippen molar-refractivity contribution in [1.29, 1.82) is 0 Å². The smallest absolute Gasteiger partial charge is 0.222 e. The Labute approximate surface area is 139 Å². The molecule has 1 amide bonds. The Morgan fingerprint density at radius 3 is 2.57 bits per heavy atom. The molecule has 1 aromatic rings. The third-order valence-corrected chi connectivity index (χ3v) is 5.75. The third-order valence-electron chi connectivity index (χ3n) is 5.75. The van der Waals surface area contributed by atoms with Crippen LogP contribution >= 0.6 is 0 Å². The zero-order valence-electron chi connectivity index (χ0n) is 14.3. The van der Waals surface area contributed by atoms with Crippen LogP contribution in [0, 0.1) is 0 Å². The number of aromatic nitrogens is 1. The lowest BCUT2D eigenvalue weighted by Crippen LogP contribution is -2.46. The van der Waals surface area contributed by atoms with Crippen molar-refractivity contribution in [3.63, 3.8) is 0 Å². The maximum absolute atomic E-state index is 12.0. The van der Waals surface area contributed by atoms with Gasteiger partial charge in [-0.1, -0.05) is 13.0 Å². The van der Waals surface area contributed by atoms with Crippen LogP contribution in [0.4, 0.5) is 0 Å². The number of likely N-dealkylation sites (tertiary alicyclic amines) is 2.